The molecule has 33 heavy (non-hydrogen) atoms. The van der Waals surface area contributed by atoms with Crippen molar-refractivity contribution in [2.24, 2.45) is 0 Å². The number of hydrogen-bond acceptors (Lipinski definition) is 6. The Morgan fingerprint density at radius 2 is 1.48 bits per heavy atom. The summed E-state index contributed by atoms with van der Waals surface area (Å²) >= 11 is 0. The Morgan fingerprint density at radius 1 is 0.848 bits per heavy atom. The molecule has 0 aliphatic rings. The molecule has 1 amide bonds. The predicted molar refractivity (Wildman–Crippen MR) is 127 cm³/mol. The molecule has 174 valence electrons. The van der Waals surface area contributed by atoms with E-state index >= 15 is 0 Å². The molecule has 3 aromatic carbocycles. The second-order valence-electron chi connectivity index (χ2n) is 7.14. The third-order valence-corrected chi connectivity index (χ3v) is 6.71. The van der Waals surface area contributed by atoms with E-state index in [1.807, 2.05) is 6.92 Å². The highest BCUT2D eigenvalue weighted by atomic mass is 32.2. The molecule has 0 radical (unpaired) electrons. The van der Waals surface area contributed by atoms with Gasteiger partial charge in [0.1, 0.15) is 12.3 Å². The van der Waals surface area contributed by atoms with Crippen LogP contribution in [0, 0.1) is 6.92 Å². The van der Waals surface area contributed by atoms with Gasteiger partial charge in [0.15, 0.2) is 11.5 Å². The maximum atomic E-state index is 13.4. The highest BCUT2D eigenvalue weighted by Crippen LogP contribution is 2.30. The van der Waals surface area contributed by atoms with Gasteiger partial charge in [-0.25, -0.2) is 8.42 Å². The predicted octanol–water partition coefficient (Wildman–Crippen LogP) is 3.85. The van der Waals surface area contributed by atoms with E-state index in [0.29, 0.717) is 28.6 Å². The van der Waals surface area contributed by atoms with Gasteiger partial charge in [-0.15, -0.1) is 0 Å². The number of ether oxygens (including phenoxy) is 3. The highest BCUT2D eigenvalue weighted by Gasteiger charge is 2.27. The van der Waals surface area contributed by atoms with E-state index in [1.165, 1.54) is 33.5 Å². The zero-order valence-electron chi connectivity index (χ0n) is 18.9. The molecule has 3 rings (SSSR count). The maximum absolute atomic E-state index is 13.4. The first-order valence-electron chi connectivity index (χ1n) is 10.0. The van der Waals surface area contributed by atoms with Crippen LogP contribution in [0.25, 0.3) is 0 Å². The first-order valence-corrected chi connectivity index (χ1v) is 11.5. The van der Waals surface area contributed by atoms with Gasteiger partial charge >= 0.3 is 0 Å². The Hall–Kier alpha value is -3.72. The van der Waals surface area contributed by atoms with Crippen LogP contribution < -0.4 is 23.8 Å². The van der Waals surface area contributed by atoms with Gasteiger partial charge in [-0.2, -0.15) is 0 Å². The second-order valence-corrected chi connectivity index (χ2v) is 9.00. The van der Waals surface area contributed by atoms with Crippen LogP contribution in [0.3, 0.4) is 0 Å². The summed E-state index contributed by atoms with van der Waals surface area (Å²) in [6.07, 6.45) is 0. The minimum Gasteiger partial charge on any atom is -0.497 e. The van der Waals surface area contributed by atoms with Crippen LogP contribution in [0.1, 0.15) is 5.56 Å². The Kier molecular flexibility index (Phi) is 7.44. The summed E-state index contributed by atoms with van der Waals surface area (Å²) in [5, 5.41) is 2.72. The molecular weight excluding hydrogens is 444 g/mol. The lowest BCUT2D eigenvalue weighted by molar-refractivity contribution is -0.114. The van der Waals surface area contributed by atoms with Crippen molar-refractivity contribution in [1.82, 2.24) is 0 Å². The molecule has 0 unspecified atom stereocenters. The van der Waals surface area contributed by atoms with E-state index in [9.17, 15) is 13.2 Å². The lowest BCUT2D eigenvalue weighted by Crippen LogP contribution is -2.38. The van der Waals surface area contributed by atoms with Crippen LogP contribution in [0.4, 0.5) is 11.4 Å². The van der Waals surface area contributed by atoms with Crippen molar-refractivity contribution in [3.05, 3.63) is 72.3 Å². The fourth-order valence-corrected chi connectivity index (χ4v) is 4.57. The monoisotopic (exact) mass is 470 g/mol. The zero-order valence-corrected chi connectivity index (χ0v) is 19.7. The van der Waals surface area contributed by atoms with Crippen molar-refractivity contribution in [2.45, 2.75) is 11.8 Å². The first kappa shape index (κ1) is 23.9. The fourth-order valence-electron chi connectivity index (χ4n) is 3.15. The molecule has 0 spiro atoms. The molecule has 0 bridgehead atoms. The Bertz CT molecular complexity index is 1210. The number of amides is 1. The number of hydrogen-bond donors (Lipinski definition) is 1. The van der Waals surface area contributed by atoms with Crippen LogP contribution in [0.5, 0.6) is 17.2 Å². The average molecular weight is 471 g/mol. The Morgan fingerprint density at radius 3 is 2.06 bits per heavy atom. The fraction of sp³-hybridized carbons (Fsp3) is 0.208. The number of sulfonamides is 1. The maximum Gasteiger partial charge on any atom is 0.264 e. The van der Waals surface area contributed by atoms with Crippen LogP contribution in [0.2, 0.25) is 0 Å². The van der Waals surface area contributed by atoms with Gasteiger partial charge in [-0.05, 0) is 55.5 Å². The van der Waals surface area contributed by atoms with Gasteiger partial charge in [-0.3, -0.25) is 9.10 Å². The lowest BCUT2D eigenvalue weighted by atomic mass is 10.2. The first-order chi connectivity index (χ1) is 15.8. The average Bonchev–Trinajstić information content (AvgIpc) is 2.82. The van der Waals surface area contributed by atoms with Crippen LogP contribution >= 0.6 is 0 Å². The van der Waals surface area contributed by atoms with Crippen molar-refractivity contribution in [3.63, 3.8) is 0 Å². The van der Waals surface area contributed by atoms with E-state index < -0.39 is 22.5 Å². The van der Waals surface area contributed by atoms with Crippen LogP contribution in [0.15, 0.2) is 71.6 Å². The summed E-state index contributed by atoms with van der Waals surface area (Å²) in [7, 11) is 0.508. The highest BCUT2D eigenvalue weighted by molar-refractivity contribution is 7.92. The third-order valence-electron chi connectivity index (χ3n) is 4.92. The van der Waals surface area contributed by atoms with E-state index in [1.54, 1.807) is 54.6 Å². The van der Waals surface area contributed by atoms with E-state index in [4.69, 9.17) is 14.2 Å². The topological polar surface area (TPSA) is 94.2 Å². The van der Waals surface area contributed by atoms with Crippen molar-refractivity contribution < 1.29 is 27.4 Å². The number of carbonyl (C=O) groups is 1. The zero-order chi connectivity index (χ0) is 24.0. The van der Waals surface area contributed by atoms with E-state index in [2.05, 4.69) is 5.32 Å². The normalized spacial score (nSPS) is 10.9. The number of rotatable bonds is 9. The smallest absolute Gasteiger partial charge is 0.264 e. The molecule has 0 heterocycles. The standard InChI is InChI=1S/C24H26N2O6S/c1-17-5-12-21(13-6-17)33(28,29)26(19-8-10-20(30-2)11-9-19)16-24(27)25-18-7-14-22(31-3)23(15-18)32-4/h5-15H,16H2,1-4H3,(H,25,27). The van der Waals surface area contributed by atoms with Crippen molar-refractivity contribution in [1.29, 1.82) is 0 Å². The minimum absolute atomic E-state index is 0.0860. The van der Waals surface area contributed by atoms with Gasteiger partial charge in [0.2, 0.25) is 5.91 Å². The molecule has 0 saturated heterocycles. The summed E-state index contributed by atoms with van der Waals surface area (Å²) in [5.41, 5.74) is 1.70. The van der Waals surface area contributed by atoms with E-state index in [-0.39, 0.29) is 4.90 Å². The molecule has 0 fully saturated rings. The van der Waals surface area contributed by atoms with Gasteiger partial charge < -0.3 is 19.5 Å². The molecule has 3 aromatic rings. The van der Waals surface area contributed by atoms with Gasteiger partial charge in [-0.1, -0.05) is 17.7 Å². The summed E-state index contributed by atoms with van der Waals surface area (Å²) in [6.45, 7) is 1.44. The van der Waals surface area contributed by atoms with Gasteiger partial charge in [0.05, 0.1) is 31.9 Å². The SMILES string of the molecule is COc1ccc(N(CC(=O)Nc2ccc(OC)c(OC)c2)S(=O)(=O)c2ccc(C)cc2)cc1. The lowest BCUT2D eigenvalue weighted by Gasteiger charge is -2.24. The Labute approximate surface area is 193 Å². The second kappa shape index (κ2) is 10.3. The Balaban J connectivity index is 1.92. The molecule has 1 N–H and O–H groups in total. The third kappa shape index (κ3) is 5.56. The number of nitrogens with one attached hydrogen (secondary N) is 1. The quantitative estimate of drug-likeness (QED) is 0.511. The molecule has 8 nitrogen and oxygen atoms in total. The molecule has 9 heteroatoms. The van der Waals surface area contributed by atoms with Crippen LogP contribution in [-0.4, -0.2) is 42.2 Å². The summed E-state index contributed by atoms with van der Waals surface area (Å²) in [4.78, 5) is 13.0. The number of methoxy groups -OCH3 is 3. The molecule has 0 aliphatic heterocycles. The molecule has 0 atom stereocenters. The number of anilines is 2. The minimum atomic E-state index is -4.01. The molecule has 0 aliphatic carbocycles. The van der Waals surface area contributed by atoms with Gasteiger partial charge in [0.25, 0.3) is 10.0 Å². The summed E-state index contributed by atoms with van der Waals surface area (Å²) < 4.78 is 43.6. The molecule has 0 aromatic heterocycles. The van der Waals surface area contributed by atoms with Gasteiger partial charge in [0, 0.05) is 11.8 Å². The largest absolute Gasteiger partial charge is 0.497 e. The van der Waals surface area contributed by atoms with Crippen molar-refractivity contribution in [2.75, 3.05) is 37.5 Å². The number of benzene rings is 3. The summed E-state index contributed by atoms with van der Waals surface area (Å²) in [6, 6.07) is 17.8. The van der Waals surface area contributed by atoms with Crippen molar-refractivity contribution >= 4 is 27.3 Å². The molecule has 0 saturated carbocycles. The number of carbonyl (C=O) groups excluding carboxylic acids is 1. The number of aryl methyl sites for hydroxylation is 1. The molecular formula is C24H26N2O6S. The number of nitrogens with zero attached hydrogens (tertiary/aromatic N) is 1. The summed E-state index contributed by atoms with van der Waals surface area (Å²) in [5.74, 6) is 1.00. The van der Waals surface area contributed by atoms with Crippen molar-refractivity contribution in [3.8, 4) is 17.2 Å². The van der Waals surface area contributed by atoms with Crippen LogP contribution in [-0.2, 0) is 14.8 Å². The van der Waals surface area contributed by atoms with E-state index in [0.717, 1.165) is 9.87 Å².